The molecule has 3 saturated carbocycles. The first-order valence-electron chi connectivity index (χ1n) is 16.1. The zero-order valence-corrected chi connectivity index (χ0v) is 26.2. The molecule has 1 N–H and O–H groups in total. The lowest BCUT2D eigenvalue weighted by molar-refractivity contribution is -0.150. The van der Waals surface area contributed by atoms with Crippen molar-refractivity contribution in [3.8, 4) is 0 Å². The smallest absolute Gasteiger partial charge is 0.408 e. The van der Waals surface area contributed by atoms with Crippen molar-refractivity contribution < 1.29 is 19.1 Å². The first-order valence-corrected chi connectivity index (χ1v) is 16.1. The van der Waals surface area contributed by atoms with Crippen LogP contribution in [0.1, 0.15) is 126 Å². The Bertz CT molecular complexity index is 919. The van der Waals surface area contributed by atoms with Gasteiger partial charge < -0.3 is 14.8 Å². The highest BCUT2D eigenvalue weighted by atomic mass is 16.6. The van der Waals surface area contributed by atoms with Crippen LogP contribution in [0.25, 0.3) is 0 Å². The summed E-state index contributed by atoms with van der Waals surface area (Å²) >= 11 is 0. The number of hydrogen-bond donors (Lipinski definition) is 1. The molecule has 0 heterocycles. The Morgan fingerprint density at radius 1 is 1.03 bits per heavy atom. The van der Waals surface area contributed by atoms with Crippen LogP contribution < -0.4 is 5.32 Å². The number of amides is 1. The minimum Gasteiger partial charge on any atom is -0.461 e. The maximum atomic E-state index is 12.5. The average Bonchev–Trinajstić information content (AvgIpc) is 3.19. The van der Waals surface area contributed by atoms with Crippen molar-refractivity contribution in [2.24, 2.45) is 46.3 Å². The van der Waals surface area contributed by atoms with Crippen LogP contribution in [0.15, 0.2) is 11.6 Å². The molecule has 5 heteroatoms. The van der Waals surface area contributed by atoms with E-state index in [4.69, 9.17) is 9.47 Å². The molecule has 0 bridgehead atoms. The summed E-state index contributed by atoms with van der Waals surface area (Å²) in [5.74, 6) is 4.60. The van der Waals surface area contributed by atoms with Gasteiger partial charge in [0.15, 0.2) is 0 Å². The number of rotatable bonds is 8. The summed E-state index contributed by atoms with van der Waals surface area (Å²) in [6, 6.07) is 0. The number of alkyl carbamates (subject to hydrolysis) is 1. The van der Waals surface area contributed by atoms with E-state index >= 15 is 0 Å². The van der Waals surface area contributed by atoms with E-state index in [0.29, 0.717) is 5.41 Å². The Labute approximate surface area is 238 Å². The molecule has 0 radical (unpaired) electrons. The molecule has 222 valence electrons. The topological polar surface area (TPSA) is 64.6 Å². The monoisotopic (exact) mass is 543 g/mol. The van der Waals surface area contributed by atoms with Crippen molar-refractivity contribution in [2.45, 2.75) is 138 Å². The molecular weight excluding hydrogens is 486 g/mol. The quantitative estimate of drug-likeness (QED) is 0.246. The molecule has 0 aromatic rings. The van der Waals surface area contributed by atoms with Crippen LogP contribution in [0.3, 0.4) is 0 Å². The highest BCUT2D eigenvalue weighted by Gasteiger charge is 2.59. The number of esters is 1. The Morgan fingerprint density at radius 3 is 2.46 bits per heavy atom. The number of ether oxygens (including phenoxy) is 2. The van der Waals surface area contributed by atoms with Gasteiger partial charge in [0.1, 0.15) is 18.2 Å². The maximum Gasteiger partial charge on any atom is 0.408 e. The number of carbonyl (C=O) groups excluding carboxylic acids is 2. The SMILES string of the molecule is CC(C)CCC[C@@H](C)C1CC[C@H]2[C@@H]3CC=C4C[C@@H](OC(=O)CNC(=O)OC(C)(C)C)CC[C@]4(C)[C@H]3CC[C@]12C. The van der Waals surface area contributed by atoms with Gasteiger partial charge in [-0.05, 0) is 112 Å². The highest BCUT2D eigenvalue weighted by Crippen LogP contribution is 2.67. The van der Waals surface area contributed by atoms with E-state index in [1.165, 1.54) is 56.9 Å². The average molecular weight is 544 g/mol. The number of carbonyl (C=O) groups is 2. The van der Waals surface area contributed by atoms with Crippen LogP contribution in [0.5, 0.6) is 0 Å². The van der Waals surface area contributed by atoms with Gasteiger partial charge >= 0.3 is 12.1 Å². The van der Waals surface area contributed by atoms with Crippen molar-refractivity contribution in [1.82, 2.24) is 5.32 Å². The molecule has 4 aliphatic carbocycles. The van der Waals surface area contributed by atoms with Crippen molar-refractivity contribution in [3.63, 3.8) is 0 Å². The first kappa shape index (κ1) is 30.4. The molecule has 3 fully saturated rings. The fraction of sp³-hybridized carbons (Fsp3) is 0.882. The predicted molar refractivity (Wildman–Crippen MR) is 157 cm³/mol. The third-order valence-corrected chi connectivity index (χ3v) is 11.3. The van der Waals surface area contributed by atoms with E-state index in [9.17, 15) is 9.59 Å². The molecule has 0 aromatic carbocycles. The summed E-state index contributed by atoms with van der Waals surface area (Å²) in [5, 5.41) is 2.53. The molecule has 0 aromatic heterocycles. The third kappa shape index (κ3) is 6.70. The Hall–Kier alpha value is -1.52. The fourth-order valence-electron chi connectivity index (χ4n) is 9.44. The van der Waals surface area contributed by atoms with Crippen LogP contribution in [0.2, 0.25) is 0 Å². The summed E-state index contributed by atoms with van der Waals surface area (Å²) in [4.78, 5) is 24.4. The molecule has 0 spiro atoms. The van der Waals surface area contributed by atoms with Gasteiger partial charge in [-0.2, -0.15) is 0 Å². The fourth-order valence-corrected chi connectivity index (χ4v) is 9.44. The largest absolute Gasteiger partial charge is 0.461 e. The lowest BCUT2D eigenvalue weighted by Crippen LogP contribution is -2.51. The second kappa shape index (κ2) is 11.8. The van der Waals surface area contributed by atoms with Gasteiger partial charge in [-0.1, -0.05) is 65.5 Å². The van der Waals surface area contributed by atoms with Gasteiger partial charge in [-0.15, -0.1) is 0 Å². The predicted octanol–water partition coefficient (Wildman–Crippen LogP) is 8.46. The van der Waals surface area contributed by atoms with Crippen LogP contribution in [-0.4, -0.2) is 30.3 Å². The second-order valence-corrected chi connectivity index (χ2v) is 15.5. The van der Waals surface area contributed by atoms with Crippen LogP contribution in [-0.2, 0) is 14.3 Å². The van der Waals surface area contributed by atoms with Crippen molar-refractivity contribution in [2.75, 3.05) is 6.54 Å². The van der Waals surface area contributed by atoms with Crippen LogP contribution in [0.4, 0.5) is 4.79 Å². The number of allylic oxidation sites excluding steroid dienone is 1. The van der Waals surface area contributed by atoms with Gasteiger partial charge in [0.25, 0.3) is 0 Å². The maximum absolute atomic E-state index is 12.5. The second-order valence-electron chi connectivity index (χ2n) is 15.5. The normalized spacial score (nSPS) is 36.7. The molecule has 1 amide bonds. The first-order chi connectivity index (χ1) is 18.2. The molecule has 4 aliphatic rings. The van der Waals surface area contributed by atoms with Crippen LogP contribution in [0, 0.1) is 46.3 Å². The summed E-state index contributed by atoms with van der Waals surface area (Å²) < 4.78 is 11.1. The summed E-state index contributed by atoms with van der Waals surface area (Å²) in [5.41, 5.74) is 1.68. The molecule has 0 aliphatic heterocycles. The van der Waals surface area contributed by atoms with E-state index in [1.807, 2.05) is 0 Å². The molecule has 4 rings (SSSR count). The van der Waals surface area contributed by atoms with Gasteiger partial charge in [-0.3, -0.25) is 4.79 Å². The van der Waals surface area contributed by atoms with Crippen molar-refractivity contribution in [1.29, 1.82) is 0 Å². The highest BCUT2D eigenvalue weighted by molar-refractivity contribution is 5.78. The Balaban J connectivity index is 1.34. The third-order valence-electron chi connectivity index (χ3n) is 11.3. The molecule has 1 unspecified atom stereocenters. The van der Waals surface area contributed by atoms with E-state index < -0.39 is 11.7 Å². The number of hydrogen-bond acceptors (Lipinski definition) is 4. The minimum absolute atomic E-state index is 0.0924. The lowest BCUT2D eigenvalue weighted by atomic mass is 9.47. The molecular formula is C34H57NO4. The van der Waals surface area contributed by atoms with Crippen LogP contribution >= 0.6 is 0 Å². The summed E-state index contributed by atoms with van der Waals surface area (Å²) in [7, 11) is 0. The van der Waals surface area contributed by atoms with Gasteiger partial charge in [0.2, 0.25) is 0 Å². The number of fused-ring (bicyclic) bond motifs is 5. The van der Waals surface area contributed by atoms with E-state index in [2.05, 4.69) is 46.0 Å². The standard InChI is InChI=1S/C34H57NO4/c1-22(2)10-9-11-23(3)27-14-15-28-26-13-12-24-20-25(38-30(36)21-35-31(37)39-32(4,5)6)16-18-33(24,7)29(26)17-19-34(27,28)8/h12,22-23,25-29H,9-11,13-21H2,1-8H3,(H,35,37)/t23-,25+,26+,27?,28+,29+,33+,34-/m1/s1. The Morgan fingerprint density at radius 2 is 1.77 bits per heavy atom. The van der Waals surface area contributed by atoms with Gasteiger partial charge in [-0.25, -0.2) is 4.79 Å². The van der Waals surface area contributed by atoms with Crippen molar-refractivity contribution >= 4 is 12.1 Å². The van der Waals surface area contributed by atoms with Crippen molar-refractivity contribution in [3.05, 3.63) is 11.6 Å². The zero-order chi connectivity index (χ0) is 28.6. The summed E-state index contributed by atoms with van der Waals surface area (Å²) in [6.45, 7) is 17.7. The molecule has 8 atom stereocenters. The summed E-state index contributed by atoms with van der Waals surface area (Å²) in [6.07, 6.45) is 15.6. The van der Waals surface area contributed by atoms with Gasteiger partial charge in [0, 0.05) is 6.42 Å². The van der Waals surface area contributed by atoms with E-state index in [1.54, 1.807) is 20.8 Å². The molecule has 0 saturated heterocycles. The molecule has 5 nitrogen and oxygen atoms in total. The molecule has 39 heavy (non-hydrogen) atoms. The minimum atomic E-state index is -0.588. The number of nitrogens with one attached hydrogen (secondary N) is 1. The zero-order valence-electron chi connectivity index (χ0n) is 26.2. The van der Waals surface area contributed by atoms with Gasteiger partial charge in [0.05, 0.1) is 0 Å². The van der Waals surface area contributed by atoms with E-state index in [0.717, 1.165) is 54.8 Å². The lowest BCUT2D eigenvalue weighted by Gasteiger charge is -2.58. The van der Waals surface area contributed by atoms with E-state index in [-0.39, 0.29) is 24.0 Å². The Kier molecular flexibility index (Phi) is 9.18.